The second-order valence-electron chi connectivity index (χ2n) is 4.53. The van der Waals surface area contributed by atoms with Crippen LogP contribution in [0.4, 0.5) is 0 Å². The zero-order valence-electron chi connectivity index (χ0n) is 10.2. The van der Waals surface area contributed by atoms with Crippen LogP contribution in [0.25, 0.3) is 0 Å². The van der Waals surface area contributed by atoms with E-state index < -0.39 is 0 Å². The van der Waals surface area contributed by atoms with Crippen molar-refractivity contribution >= 4 is 0 Å². The van der Waals surface area contributed by atoms with Gasteiger partial charge in [-0.2, -0.15) is 0 Å². The first-order valence-electron chi connectivity index (χ1n) is 6.16. The molecule has 1 aliphatic carbocycles. The minimum absolute atomic E-state index is 0.692. The molecule has 3 nitrogen and oxygen atoms in total. The SMILES string of the molecule is CCNCc1cc(COCC2CC2)c(C)o1. The van der Waals surface area contributed by atoms with Crippen LogP contribution in [0.5, 0.6) is 0 Å². The second-order valence-corrected chi connectivity index (χ2v) is 4.53. The third kappa shape index (κ3) is 3.35. The van der Waals surface area contributed by atoms with Gasteiger partial charge in [-0.05, 0) is 38.3 Å². The van der Waals surface area contributed by atoms with E-state index in [0.29, 0.717) is 6.61 Å². The predicted molar refractivity (Wildman–Crippen MR) is 63.2 cm³/mol. The Morgan fingerprint density at radius 2 is 2.31 bits per heavy atom. The molecule has 1 heterocycles. The van der Waals surface area contributed by atoms with Crippen molar-refractivity contribution in [1.29, 1.82) is 0 Å². The quantitative estimate of drug-likeness (QED) is 0.771. The minimum Gasteiger partial charge on any atom is -0.465 e. The van der Waals surface area contributed by atoms with Gasteiger partial charge in [-0.3, -0.25) is 0 Å². The monoisotopic (exact) mass is 223 g/mol. The lowest BCUT2D eigenvalue weighted by Crippen LogP contribution is -2.10. The molecule has 90 valence electrons. The lowest BCUT2D eigenvalue weighted by atomic mass is 10.2. The average Bonchev–Trinajstić information content (AvgIpc) is 3.02. The summed E-state index contributed by atoms with van der Waals surface area (Å²) in [5, 5.41) is 3.25. The van der Waals surface area contributed by atoms with Crippen molar-refractivity contribution in [2.24, 2.45) is 5.92 Å². The number of rotatable bonds is 7. The van der Waals surface area contributed by atoms with E-state index in [1.165, 1.54) is 18.4 Å². The van der Waals surface area contributed by atoms with Gasteiger partial charge < -0.3 is 14.5 Å². The van der Waals surface area contributed by atoms with Gasteiger partial charge in [-0.25, -0.2) is 0 Å². The van der Waals surface area contributed by atoms with Gasteiger partial charge in [0.25, 0.3) is 0 Å². The first-order chi connectivity index (χ1) is 7.79. The van der Waals surface area contributed by atoms with Crippen molar-refractivity contribution in [1.82, 2.24) is 5.32 Å². The van der Waals surface area contributed by atoms with Crippen LogP contribution in [0.3, 0.4) is 0 Å². The van der Waals surface area contributed by atoms with Crippen molar-refractivity contribution in [3.8, 4) is 0 Å². The maximum absolute atomic E-state index is 5.66. The number of furan rings is 1. The predicted octanol–water partition coefficient (Wildman–Crippen LogP) is 2.62. The zero-order chi connectivity index (χ0) is 11.4. The maximum atomic E-state index is 5.66. The molecule has 0 saturated heterocycles. The van der Waals surface area contributed by atoms with E-state index >= 15 is 0 Å². The lowest BCUT2D eigenvalue weighted by Gasteiger charge is -2.00. The van der Waals surface area contributed by atoms with Crippen LogP contribution >= 0.6 is 0 Å². The second kappa shape index (κ2) is 5.51. The maximum Gasteiger partial charge on any atom is 0.118 e. The molecule has 1 aliphatic rings. The molecule has 0 unspecified atom stereocenters. The molecule has 0 atom stereocenters. The van der Waals surface area contributed by atoms with Crippen LogP contribution in [0.15, 0.2) is 10.5 Å². The Hall–Kier alpha value is -0.800. The van der Waals surface area contributed by atoms with Gasteiger partial charge in [0, 0.05) is 12.2 Å². The largest absolute Gasteiger partial charge is 0.465 e. The van der Waals surface area contributed by atoms with Gasteiger partial charge in [0.2, 0.25) is 0 Å². The molecule has 0 aromatic carbocycles. The van der Waals surface area contributed by atoms with E-state index in [4.69, 9.17) is 9.15 Å². The molecule has 1 aromatic heterocycles. The molecule has 16 heavy (non-hydrogen) atoms. The van der Waals surface area contributed by atoms with Crippen molar-refractivity contribution in [2.45, 2.75) is 39.8 Å². The van der Waals surface area contributed by atoms with E-state index in [0.717, 1.165) is 37.1 Å². The van der Waals surface area contributed by atoms with Crippen molar-refractivity contribution in [3.63, 3.8) is 0 Å². The van der Waals surface area contributed by atoms with E-state index in [9.17, 15) is 0 Å². The molecule has 0 aliphatic heterocycles. The summed E-state index contributed by atoms with van der Waals surface area (Å²) in [5.74, 6) is 2.82. The summed E-state index contributed by atoms with van der Waals surface area (Å²) in [4.78, 5) is 0. The Bertz CT molecular complexity index is 329. The standard InChI is InChI=1S/C13H21NO2/c1-3-14-7-13-6-12(10(2)16-13)9-15-8-11-4-5-11/h6,11,14H,3-5,7-9H2,1-2H3. The average molecular weight is 223 g/mol. The number of hydrogen-bond donors (Lipinski definition) is 1. The molecule has 0 spiro atoms. The van der Waals surface area contributed by atoms with Crippen molar-refractivity contribution in [2.75, 3.05) is 13.2 Å². The summed E-state index contributed by atoms with van der Waals surface area (Å²) in [6.07, 6.45) is 2.69. The molecule has 1 saturated carbocycles. The summed E-state index contributed by atoms with van der Waals surface area (Å²) in [5.41, 5.74) is 1.19. The first kappa shape index (κ1) is 11.7. The highest BCUT2D eigenvalue weighted by Gasteiger charge is 2.21. The smallest absolute Gasteiger partial charge is 0.118 e. The topological polar surface area (TPSA) is 34.4 Å². The molecule has 1 fully saturated rings. The lowest BCUT2D eigenvalue weighted by molar-refractivity contribution is 0.110. The van der Waals surface area contributed by atoms with Crippen LogP contribution < -0.4 is 5.32 Å². The molecule has 0 bridgehead atoms. The summed E-state index contributed by atoms with van der Waals surface area (Å²) in [6.45, 7) is 7.47. The highest BCUT2D eigenvalue weighted by atomic mass is 16.5. The molecule has 0 amide bonds. The molecular formula is C13H21NO2. The van der Waals surface area contributed by atoms with Crippen LogP contribution in [0.2, 0.25) is 0 Å². The summed E-state index contributed by atoms with van der Waals surface area (Å²) in [7, 11) is 0. The third-order valence-electron chi connectivity index (χ3n) is 2.93. The van der Waals surface area contributed by atoms with Crippen LogP contribution in [-0.2, 0) is 17.9 Å². The Morgan fingerprint density at radius 3 is 3.00 bits per heavy atom. The number of ether oxygens (including phenoxy) is 1. The molecule has 3 heteroatoms. The van der Waals surface area contributed by atoms with Gasteiger partial charge in [0.15, 0.2) is 0 Å². The van der Waals surface area contributed by atoms with E-state index in [1.54, 1.807) is 0 Å². The fourth-order valence-electron chi connectivity index (χ4n) is 1.69. The highest BCUT2D eigenvalue weighted by Crippen LogP contribution is 2.29. The molecular weight excluding hydrogens is 202 g/mol. The van der Waals surface area contributed by atoms with Gasteiger partial charge in [0.05, 0.1) is 13.2 Å². The third-order valence-corrected chi connectivity index (χ3v) is 2.93. The molecule has 1 N–H and O–H groups in total. The van der Waals surface area contributed by atoms with E-state index in [1.807, 2.05) is 6.92 Å². The van der Waals surface area contributed by atoms with Crippen molar-refractivity contribution in [3.05, 3.63) is 23.2 Å². The Morgan fingerprint density at radius 1 is 1.50 bits per heavy atom. The number of aryl methyl sites for hydroxylation is 1. The fourth-order valence-corrected chi connectivity index (χ4v) is 1.69. The van der Waals surface area contributed by atoms with Crippen LogP contribution in [-0.4, -0.2) is 13.2 Å². The van der Waals surface area contributed by atoms with Gasteiger partial charge in [-0.15, -0.1) is 0 Å². The molecule has 2 rings (SSSR count). The van der Waals surface area contributed by atoms with E-state index in [2.05, 4.69) is 18.3 Å². The number of nitrogens with one attached hydrogen (secondary N) is 1. The van der Waals surface area contributed by atoms with Gasteiger partial charge >= 0.3 is 0 Å². The Kier molecular flexibility index (Phi) is 4.02. The summed E-state index contributed by atoms with van der Waals surface area (Å²) in [6, 6.07) is 2.10. The van der Waals surface area contributed by atoms with Crippen LogP contribution in [0, 0.1) is 12.8 Å². The summed E-state index contributed by atoms with van der Waals surface area (Å²) >= 11 is 0. The van der Waals surface area contributed by atoms with Gasteiger partial charge in [-0.1, -0.05) is 6.92 Å². The van der Waals surface area contributed by atoms with E-state index in [-0.39, 0.29) is 0 Å². The first-order valence-corrected chi connectivity index (χ1v) is 6.16. The molecule has 0 radical (unpaired) electrons. The zero-order valence-corrected chi connectivity index (χ0v) is 10.2. The highest BCUT2D eigenvalue weighted by molar-refractivity contribution is 5.19. The minimum atomic E-state index is 0.692. The molecule has 1 aromatic rings. The Balaban J connectivity index is 1.79. The van der Waals surface area contributed by atoms with Gasteiger partial charge in [0.1, 0.15) is 11.5 Å². The fraction of sp³-hybridized carbons (Fsp3) is 0.692. The van der Waals surface area contributed by atoms with Crippen molar-refractivity contribution < 1.29 is 9.15 Å². The van der Waals surface area contributed by atoms with Crippen LogP contribution in [0.1, 0.15) is 36.8 Å². The number of hydrogen-bond acceptors (Lipinski definition) is 3. The Labute approximate surface area is 97.2 Å². The normalized spacial score (nSPS) is 15.6. The summed E-state index contributed by atoms with van der Waals surface area (Å²) < 4.78 is 11.3.